The zero-order valence-corrected chi connectivity index (χ0v) is 15.8. The van der Waals surface area contributed by atoms with Crippen LogP contribution in [-0.2, 0) is 17.8 Å². The molecule has 0 fully saturated rings. The van der Waals surface area contributed by atoms with Gasteiger partial charge in [-0.1, -0.05) is 24.3 Å². The molecule has 1 aliphatic heterocycles. The van der Waals surface area contributed by atoms with Crippen molar-refractivity contribution in [3.05, 3.63) is 75.5 Å². The smallest absolute Gasteiger partial charge is 0.270 e. The zero-order chi connectivity index (χ0) is 20.5. The van der Waals surface area contributed by atoms with E-state index in [1.807, 2.05) is 24.3 Å². The topological polar surface area (TPSA) is 108 Å². The fraction of sp³-hybridized carbons (Fsp3) is 0.238. The maximum atomic E-state index is 12.9. The number of nitrogens with zero attached hydrogens (tertiary/aromatic N) is 2. The number of H-pyrrole nitrogens is 1. The Morgan fingerprint density at radius 3 is 2.79 bits per heavy atom. The number of nitro benzene ring substituents is 1. The van der Waals surface area contributed by atoms with E-state index in [2.05, 4.69) is 10.3 Å². The van der Waals surface area contributed by atoms with E-state index >= 15 is 0 Å². The number of fused-ring (bicyclic) bond motifs is 3. The predicted molar refractivity (Wildman–Crippen MR) is 107 cm³/mol. The van der Waals surface area contributed by atoms with E-state index in [4.69, 9.17) is 0 Å². The van der Waals surface area contributed by atoms with Crippen LogP contribution in [0.25, 0.3) is 10.9 Å². The minimum Gasteiger partial charge on any atom is -0.358 e. The van der Waals surface area contributed by atoms with Crippen molar-refractivity contribution in [2.45, 2.75) is 25.9 Å². The van der Waals surface area contributed by atoms with E-state index in [0.29, 0.717) is 13.1 Å². The normalized spacial score (nSPS) is 14.3. The first-order valence-electron chi connectivity index (χ1n) is 9.36. The van der Waals surface area contributed by atoms with Crippen LogP contribution in [0, 0.1) is 10.1 Å². The summed E-state index contributed by atoms with van der Waals surface area (Å²) in [5.74, 6) is -0.695. The molecule has 0 saturated heterocycles. The van der Waals surface area contributed by atoms with E-state index < -0.39 is 16.9 Å². The van der Waals surface area contributed by atoms with Crippen molar-refractivity contribution in [1.29, 1.82) is 0 Å². The number of nitrogens with one attached hydrogen (secondary N) is 2. The molecule has 148 valence electrons. The summed E-state index contributed by atoms with van der Waals surface area (Å²) >= 11 is 0. The third-order valence-electron chi connectivity index (χ3n) is 5.23. The van der Waals surface area contributed by atoms with Crippen LogP contribution < -0.4 is 5.32 Å². The Balaban J connectivity index is 1.46. The highest BCUT2D eigenvalue weighted by molar-refractivity contribution is 5.98. The van der Waals surface area contributed by atoms with Crippen molar-refractivity contribution in [3.8, 4) is 0 Å². The summed E-state index contributed by atoms with van der Waals surface area (Å²) < 4.78 is 0. The highest BCUT2D eigenvalue weighted by atomic mass is 16.6. The number of nitro groups is 1. The van der Waals surface area contributed by atoms with Gasteiger partial charge in [0.25, 0.3) is 11.6 Å². The Morgan fingerprint density at radius 2 is 2.00 bits per heavy atom. The standard InChI is InChI=1S/C21H20N4O4/c1-13(22-20(26)14-5-4-6-15(11-14)25(28)29)21(27)24-10-9-19-17(12-24)16-7-2-3-8-18(16)23-19/h2-8,11,13,23H,9-10,12H2,1H3,(H,22,26). The van der Waals surface area contributed by atoms with Crippen LogP contribution in [0.5, 0.6) is 0 Å². The van der Waals surface area contributed by atoms with Gasteiger partial charge in [0.05, 0.1) is 4.92 Å². The van der Waals surface area contributed by atoms with Crippen LogP contribution in [0.15, 0.2) is 48.5 Å². The number of aromatic nitrogens is 1. The van der Waals surface area contributed by atoms with Gasteiger partial charge in [-0.15, -0.1) is 0 Å². The minimum absolute atomic E-state index is 0.149. The van der Waals surface area contributed by atoms with Crippen molar-refractivity contribution < 1.29 is 14.5 Å². The summed E-state index contributed by atoms with van der Waals surface area (Å²) in [5, 5.41) is 14.7. The van der Waals surface area contributed by atoms with Gasteiger partial charge >= 0.3 is 0 Å². The van der Waals surface area contributed by atoms with E-state index in [0.717, 1.165) is 28.6 Å². The summed E-state index contributed by atoms with van der Waals surface area (Å²) in [6.45, 7) is 2.67. The first-order valence-corrected chi connectivity index (χ1v) is 9.36. The van der Waals surface area contributed by atoms with Gasteiger partial charge in [0.15, 0.2) is 0 Å². The molecule has 0 bridgehead atoms. The molecule has 1 unspecified atom stereocenters. The fourth-order valence-electron chi connectivity index (χ4n) is 3.73. The summed E-state index contributed by atoms with van der Waals surface area (Å²) in [4.78, 5) is 40.8. The summed E-state index contributed by atoms with van der Waals surface area (Å²) in [6, 6.07) is 12.7. The molecular formula is C21H20N4O4. The maximum absolute atomic E-state index is 12.9. The van der Waals surface area contributed by atoms with Gasteiger partial charge < -0.3 is 15.2 Å². The second-order valence-electron chi connectivity index (χ2n) is 7.14. The van der Waals surface area contributed by atoms with Gasteiger partial charge in [-0.05, 0) is 19.1 Å². The second kappa shape index (κ2) is 7.38. The molecule has 8 heteroatoms. The first-order chi connectivity index (χ1) is 13.9. The molecule has 2 amide bonds. The molecule has 1 aromatic heterocycles. The quantitative estimate of drug-likeness (QED) is 0.526. The van der Waals surface area contributed by atoms with Gasteiger partial charge in [0.1, 0.15) is 6.04 Å². The van der Waals surface area contributed by atoms with Gasteiger partial charge in [-0.3, -0.25) is 19.7 Å². The molecule has 2 heterocycles. The average Bonchev–Trinajstić information content (AvgIpc) is 3.11. The second-order valence-corrected chi connectivity index (χ2v) is 7.14. The van der Waals surface area contributed by atoms with Crippen LogP contribution in [0.2, 0.25) is 0 Å². The zero-order valence-electron chi connectivity index (χ0n) is 15.8. The van der Waals surface area contributed by atoms with Crippen molar-refractivity contribution >= 4 is 28.4 Å². The number of benzene rings is 2. The van der Waals surface area contributed by atoms with Crippen LogP contribution in [0.1, 0.15) is 28.5 Å². The lowest BCUT2D eigenvalue weighted by atomic mass is 10.0. The predicted octanol–water partition coefficient (Wildman–Crippen LogP) is 2.78. The van der Waals surface area contributed by atoms with Gasteiger partial charge in [0, 0.05) is 59.4 Å². The largest absolute Gasteiger partial charge is 0.358 e. The maximum Gasteiger partial charge on any atom is 0.270 e. The molecule has 0 saturated carbocycles. The monoisotopic (exact) mass is 392 g/mol. The first kappa shape index (κ1) is 18.7. The lowest BCUT2D eigenvalue weighted by Crippen LogP contribution is -2.48. The molecule has 1 atom stereocenters. The molecule has 3 aromatic rings. The van der Waals surface area contributed by atoms with Crippen LogP contribution in [-0.4, -0.2) is 39.2 Å². The Kier molecular flexibility index (Phi) is 4.75. The summed E-state index contributed by atoms with van der Waals surface area (Å²) in [6.07, 6.45) is 0.724. The van der Waals surface area contributed by atoms with Crippen molar-refractivity contribution in [1.82, 2.24) is 15.2 Å². The highest BCUT2D eigenvalue weighted by Crippen LogP contribution is 2.27. The minimum atomic E-state index is -0.742. The molecule has 0 aliphatic carbocycles. The Bertz CT molecular complexity index is 1120. The average molecular weight is 392 g/mol. The molecule has 1 aliphatic rings. The molecule has 0 radical (unpaired) electrons. The highest BCUT2D eigenvalue weighted by Gasteiger charge is 2.28. The van der Waals surface area contributed by atoms with Crippen molar-refractivity contribution in [2.75, 3.05) is 6.54 Å². The summed E-state index contributed by atoms with van der Waals surface area (Å²) in [7, 11) is 0. The Hall–Kier alpha value is -3.68. The van der Waals surface area contributed by atoms with Gasteiger partial charge in [0.2, 0.25) is 5.91 Å². The number of carbonyl (C=O) groups is 2. The van der Waals surface area contributed by atoms with E-state index in [1.165, 1.54) is 24.3 Å². The molecule has 0 spiro atoms. The van der Waals surface area contributed by atoms with Crippen LogP contribution in [0.3, 0.4) is 0 Å². The SMILES string of the molecule is CC(NC(=O)c1cccc([N+](=O)[O-])c1)C(=O)N1CCc2[nH]c3ccccc3c2C1. The van der Waals surface area contributed by atoms with E-state index in [9.17, 15) is 19.7 Å². The lowest BCUT2D eigenvalue weighted by molar-refractivity contribution is -0.384. The van der Waals surface area contributed by atoms with Crippen LogP contribution >= 0.6 is 0 Å². The third kappa shape index (κ3) is 3.56. The van der Waals surface area contributed by atoms with Gasteiger partial charge in [-0.2, -0.15) is 0 Å². The van der Waals surface area contributed by atoms with E-state index in [1.54, 1.807) is 11.8 Å². The number of amides is 2. The molecule has 2 N–H and O–H groups in total. The molecule has 8 nitrogen and oxygen atoms in total. The molecule has 2 aromatic carbocycles. The van der Waals surface area contributed by atoms with Crippen LogP contribution in [0.4, 0.5) is 5.69 Å². The Labute approximate surface area is 166 Å². The number of aromatic amines is 1. The Morgan fingerprint density at radius 1 is 1.21 bits per heavy atom. The number of hydrogen-bond acceptors (Lipinski definition) is 4. The lowest BCUT2D eigenvalue weighted by Gasteiger charge is -2.30. The number of carbonyl (C=O) groups excluding carboxylic acids is 2. The third-order valence-corrected chi connectivity index (χ3v) is 5.23. The summed E-state index contributed by atoms with van der Waals surface area (Å²) in [5.41, 5.74) is 3.29. The molecular weight excluding hydrogens is 372 g/mol. The van der Waals surface area contributed by atoms with Crippen molar-refractivity contribution in [2.24, 2.45) is 0 Å². The molecule has 29 heavy (non-hydrogen) atoms. The fourth-order valence-corrected chi connectivity index (χ4v) is 3.73. The number of non-ortho nitro benzene ring substituents is 1. The van der Waals surface area contributed by atoms with E-state index in [-0.39, 0.29) is 17.2 Å². The molecule has 4 rings (SSSR count). The van der Waals surface area contributed by atoms with Crippen molar-refractivity contribution in [3.63, 3.8) is 0 Å². The number of rotatable bonds is 4. The number of para-hydroxylation sites is 1. The number of hydrogen-bond donors (Lipinski definition) is 2. The van der Waals surface area contributed by atoms with Gasteiger partial charge in [-0.25, -0.2) is 0 Å².